The molecule has 1 N–H and O–H groups in total. The molecule has 100 valence electrons. The van der Waals surface area contributed by atoms with Crippen molar-refractivity contribution in [3.63, 3.8) is 0 Å². The van der Waals surface area contributed by atoms with Crippen LogP contribution in [0.3, 0.4) is 0 Å². The predicted molar refractivity (Wildman–Crippen MR) is 76.3 cm³/mol. The first kappa shape index (κ1) is 14.7. The lowest BCUT2D eigenvalue weighted by molar-refractivity contribution is 0.0325. The highest BCUT2D eigenvalue weighted by atomic mass is 15.3. The van der Waals surface area contributed by atoms with Crippen LogP contribution in [0.1, 0.15) is 47.5 Å². The Labute approximate surface area is 107 Å². The van der Waals surface area contributed by atoms with E-state index in [4.69, 9.17) is 0 Å². The van der Waals surface area contributed by atoms with Gasteiger partial charge in [-0.1, -0.05) is 39.8 Å². The van der Waals surface area contributed by atoms with E-state index < -0.39 is 0 Å². The summed E-state index contributed by atoms with van der Waals surface area (Å²) < 4.78 is 0. The van der Waals surface area contributed by atoms with Crippen LogP contribution in [0.4, 0.5) is 0 Å². The van der Waals surface area contributed by atoms with Gasteiger partial charge in [-0.05, 0) is 25.7 Å². The summed E-state index contributed by atoms with van der Waals surface area (Å²) >= 11 is 0. The van der Waals surface area contributed by atoms with Gasteiger partial charge in [0.25, 0.3) is 0 Å². The van der Waals surface area contributed by atoms with Crippen LogP contribution in [0.2, 0.25) is 0 Å². The van der Waals surface area contributed by atoms with Crippen molar-refractivity contribution >= 4 is 0 Å². The Hall–Kier alpha value is -0.340. The molecule has 1 unspecified atom stereocenters. The molecule has 1 atom stereocenters. The second-order valence-electron chi connectivity index (χ2n) is 5.64. The third-order valence-electron chi connectivity index (χ3n) is 4.46. The fourth-order valence-corrected chi connectivity index (χ4v) is 2.82. The Morgan fingerprint density at radius 1 is 1.35 bits per heavy atom. The molecule has 0 spiro atoms. The molecule has 2 heteroatoms. The average Bonchev–Trinajstić information content (AvgIpc) is 2.35. The summed E-state index contributed by atoms with van der Waals surface area (Å²) in [4.78, 5) is 2.69. The maximum Gasteiger partial charge on any atom is 0.0332 e. The standard InChI is InChI=1S/C15H30N2/c1-6-9-10-17-11-14(13(4)5)16-12-15(17,7-2)8-3/h6,9,13-14,16H,7-8,10-12H2,1-5H3/b9-6+. The van der Waals surface area contributed by atoms with E-state index in [1.54, 1.807) is 0 Å². The number of piperazine rings is 1. The molecule has 1 aliphatic rings. The van der Waals surface area contributed by atoms with Crippen LogP contribution < -0.4 is 5.32 Å². The van der Waals surface area contributed by atoms with Gasteiger partial charge in [-0.3, -0.25) is 4.90 Å². The van der Waals surface area contributed by atoms with Crippen LogP contribution in [-0.4, -0.2) is 36.1 Å². The van der Waals surface area contributed by atoms with E-state index in [0.29, 0.717) is 11.6 Å². The highest BCUT2D eigenvalue weighted by molar-refractivity contribution is 5.00. The van der Waals surface area contributed by atoms with Gasteiger partial charge in [0.15, 0.2) is 0 Å². The fraction of sp³-hybridized carbons (Fsp3) is 0.867. The molecular formula is C15H30N2. The number of nitrogens with one attached hydrogen (secondary N) is 1. The minimum Gasteiger partial charge on any atom is -0.311 e. The number of nitrogens with zero attached hydrogens (tertiary/aromatic N) is 1. The van der Waals surface area contributed by atoms with E-state index in [1.165, 1.54) is 19.4 Å². The van der Waals surface area contributed by atoms with E-state index in [0.717, 1.165) is 19.0 Å². The normalized spacial score (nSPS) is 25.9. The number of allylic oxidation sites excluding steroid dienone is 1. The summed E-state index contributed by atoms with van der Waals surface area (Å²) in [6, 6.07) is 0.645. The lowest BCUT2D eigenvalue weighted by Gasteiger charge is -2.50. The zero-order chi connectivity index (χ0) is 12.9. The van der Waals surface area contributed by atoms with Crippen molar-refractivity contribution in [3.8, 4) is 0 Å². The van der Waals surface area contributed by atoms with E-state index in [1.807, 2.05) is 0 Å². The summed E-state index contributed by atoms with van der Waals surface area (Å²) in [6.45, 7) is 14.8. The molecule has 1 heterocycles. The van der Waals surface area contributed by atoms with Crippen molar-refractivity contribution in [2.75, 3.05) is 19.6 Å². The summed E-state index contributed by atoms with van der Waals surface area (Å²) in [5, 5.41) is 3.75. The van der Waals surface area contributed by atoms with Gasteiger partial charge in [-0.15, -0.1) is 0 Å². The zero-order valence-corrected chi connectivity index (χ0v) is 12.3. The predicted octanol–water partition coefficient (Wildman–Crippen LogP) is 3.05. The van der Waals surface area contributed by atoms with E-state index in [-0.39, 0.29) is 0 Å². The summed E-state index contributed by atoms with van der Waals surface area (Å²) in [5.41, 5.74) is 0.366. The first-order valence-corrected chi connectivity index (χ1v) is 7.19. The van der Waals surface area contributed by atoms with Crippen LogP contribution in [-0.2, 0) is 0 Å². The van der Waals surface area contributed by atoms with Crippen molar-refractivity contribution in [2.24, 2.45) is 5.92 Å². The molecular weight excluding hydrogens is 208 g/mol. The molecule has 17 heavy (non-hydrogen) atoms. The van der Waals surface area contributed by atoms with Crippen molar-refractivity contribution in [1.82, 2.24) is 10.2 Å². The van der Waals surface area contributed by atoms with Crippen LogP contribution in [0.5, 0.6) is 0 Å². The molecule has 2 nitrogen and oxygen atoms in total. The van der Waals surface area contributed by atoms with Gasteiger partial charge < -0.3 is 5.32 Å². The molecule has 0 bridgehead atoms. The monoisotopic (exact) mass is 238 g/mol. The van der Waals surface area contributed by atoms with Crippen LogP contribution in [0.25, 0.3) is 0 Å². The smallest absolute Gasteiger partial charge is 0.0332 e. The minimum absolute atomic E-state index is 0.366. The van der Waals surface area contributed by atoms with Gasteiger partial charge in [-0.25, -0.2) is 0 Å². The Kier molecular flexibility index (Phi) is 5.68. The summed E-state index contributed by atoms with van der Waals surface area (Å²) in [6.07, 6.45) is 6.93. The van der Waals surface area contributed by atoms with Crippen LogP contribution in [0, 0.1) is 5.92 Å². The Balaban J connectivity index is 2.78. The van der Waals surface area contributed by atoms with Gasteiger partial charge in [0.1, 0.15) is 0 Å². The van der Waals surface area contributed by atoms with Crippen LogP contribution >= 0.6 is 0 Å². The minimum atomic E-state index is 0.366. The van der Waals surface area contributed by atoms with Gasteiger partial charge in [-0.2, -0.15) is 0 Å². The SMILES string of the molecule is C/C=C/CN1CC(C(C)C)NCC1(CC)CC. The third kappa shape index (κ3) is 3.32. The topological polar surface area (TPSA) is 15.3 Å². The molecule has 0 aromatic heterocycles. The maximum atomic E-state index is 3.75. The molecule has 1 saturated heterocycles. The first-order chi connectivity index (χ1) is 8.09. The highest BCUT2D eigenvalue weighted by Crippen LogP contribution is 2.28. The molecule has 0 saturated carbocycles. The van der Waals surface area contributed by atoms with Crippen molar-refractivity contribution < 1.29 is 0 Å². The largest absolute Gasteiger partial charge is 0.311 e. The molecule has 0 aromatic rings. The van der Waals surface area contributed by atoms with E-state index in [9.17, 15) is 0 Å². The van der Waals surface area contributed by atoms with Gasteiger partial charge in [0.05, 0.1) is 0 Å². The highest BCUT2D eigenvalue weighted by Gasteiger charge is 2.38. The molecule has 0 radical (unpaired) electrons. The first-order valence-electron chi connectivity index (χ1n) is 7.19. The van der Waals surface area contributed by atoms with Gasteiger partial charge in [0, 0.05) is 31.2 Å². The third-order valence-corrected chi connectivity index (χ3v) is 4.46. The van der Waals surface area contributed by atoms with E-state index in [2.05, 4.69) is 57.0 Å². The number of hydrogen-bond donors (Lipinski definition) is 1. The second-order valence-corrected chi connectivity index (χ2v) is 5.64. The molecule has 0 amide bonds. The maximum absolute atomic E-state index is 3.75. The molecule has 1 fully saturated rings. The van der Waals surface area contributed by atoms with Crippen molar-refractivity contribution in [2.45, 2.75) is 59.0 Å². The zero-order valence-electron chi connectivity index (χ0n) is 12.3. The Morgan fingerprint density at radius 3 is 2.47 bits per heavy atom. The Morgan fingerprint density at radius 2 is 2.00 bits per heavy atom. The summed E-state index contributed by atoms with van der Waals surface area (Å²) in [5.74, 6) is 0.717. The van der Waals surface area contributed by atoms with Crippen LogP contribution in [0.15, 0.2) is 12.2 Å². The average molecular weight is 238 g/mol. The molecule has 1 rings (SSSR count). The summed E-state index contributed by atoms with van der Waals surface area (Å²) in [7, 11) is 0. The van der Waals surface area contributed by atoms with E-state index >= 15 is 0 Å². The molecule has 0 aliphatic carbocycles. The molecule has 0 aromatic carbocycles. The Bertz CT molecular complexity index is 241. The number of hydrogen-bond acceptors (Lipinski definition) is 2. The number of rotatable bonds is 5. The second kappa shape index (κ2) is 6.55. The van der Waals surface area contributed by atoms with Crippen molar-refractivity contribution in [1.29, 1.82) is 0 Å². The lowest BCUT2D eigenvalue weighted by Crippen LogP contribution is -2.65. The van der Waals surface area contributed by atoms with Gasteiger partial charge in [0.2, 0.25) is 0 Å². The molecule has 1 aliphatic heterocycles. The fourth-order valence-electron chi connectivity index (χ4n) is 2.82. The van der Waals surface area contributed by atoms with Crippen molar-refractivity contribution in [3.05, 3.63) is 12.2 Å². The lowest BCUT2D eigenvalue weighted by atomic mass is 9.85. The van der Waals surface area contributed by atoms with Gasteiger partial charge >= 0.3 is 0 Å². The quantitative estimate of drug-likeness (QED) is 0.741.